The second-order valence-electron chi connectivity index (χ2n) is 4.54. The average molecular weight is 331 g/mol. The van der Waals surface area contributed by atoms with Gasteiger partial charge in [-0.05, 0) is 21.8 Å². The van der Waals surface area contributed by atoms with Crippen LogP contribution in [0.2, 0.25) is 0 Å². The summed E-state index contributed by atoms with van der Waals surface area (Å²) in [7, 11) is 1.70. The van der Waals surface area contributed by atoms with Gasteiger partial charge in [-0.25, -0.2) is 14.8 Å². The second kappa shape index (κ2) is 7.93. The maximum Gasteiger partial charge on any atom is 0.409 e. The van der Waals surface area contributed by atoms with Gasteiger partial charge in [-0.15, -0.1) is 0 Å². The van der Waals surface area contributed by atoms with Gasteiger partial charge >= 0.3 is 6.09 Å². The molecule has 0 atom stereocenters. The number of ether oxygens (including phenoxy) is 1. The lowest BCUT2D eigenvalue weighted by Gasteiger charge is -2.17. The molecule has 0 saturated carbocycles. The van der Waals surface area contributed by atoms with E-state index in [4.69, 9.17) is 4.74 Å². The topological polar surface area (TPSA) is 67.3 Å². The molecule has 0 radical (unpaired) electrons. The Bertz CT molecular complexity index is 397. The molecule has 1 N–H and O–H groups in total. The van der Waals surface area contributed by atoms with Crippen molar-refractivity contribution in [2.45, 2.75) is 13.8 Å². The van der Waals surface area contributed by atoms with Gasteiger partial charge in [0.15, 0.2) is 0 Å². The van der Waals surface area contributed by atoms with Crippen molar-refractivity contribution < 1.29 is 9.53 Å². The molecule has 1 heterocycles. The van der Waals surface area contributed by atoms with Gasteiger partial charge < -0.3 is 15.0 Å². The zero-order valence-corrected chi connectivity index (χ0v) is 13.0. The minimum Gasteiger partial charge on any atom is -0.449 e. The third-order valence-corrected chi connectivity index (χ3v) is 2.61. The van der Waals surface area contributed by atoms with Crippen LogP contribution in [0.25, 0.3) is 0 Å². The number of carbonyl (C=O) groups excluding carboxylic acids is 1. The van der Waals surface area contributed by atoms with Gasteiger partial charge in [0.2, 0.25) is 5.95 Å². The number of halogens is 1. The molecule has 0 fully saturated rings. The highest BCUT2D eigenvalue weighted by molar-refractivity contribution is 9.10. The van der Waals surface area contributed by atoms with E-state index in [0.717, 1.165) is 4.47 Å². The van der Waals surface area contributed by atoms with Crippen molar-refractivity contribution in [3.05, 3.63) is 16.9 Å². The van der Waals surface area contributed by atoms with Gasteiger partial charge in [0, 0.05) is 32.5 Å². The Morgan fingerprint density at radius 2 is 2.11 bits per heavy atom. The fourth-order valence-electron chi connectivity index (χ4n) is 1.18. The summed E-state index contributed by atoms with van der Waals surface area (Å²) in [5.74, 6) is 0.874. The number of nitrogens with one attached hydrogen (secondary N) is 1. The first-order chi connectivity index (χ1) is 8.99. The standard InChI is InChI=1S/C12H19BrN4O2/c1-9(2)8-19-12(18)17(3)5-4-14-11-15-6-10(13)7-16-11/h6-7,9H,4-5,8H2,1-3H3,(H,14,15,16). The van der Waals surface area contributed by atoms with E-state index in [2.05, 4.69) is 31.2 Å². The molecule has 106 valence electrons. The van der Waals surface area contributed by atoms with E-state index in [1.165, 1.54) is 4.90 Å². The molecule has 0 bridgehead atoms. The molecule has 1 amide bonds. The molecule has 0 aliphatic rings. The molecule has 0 unspecified atom stereocenters. The van der Waals surface area contributed by atoms with Gasteiger partial charge in [0.1, 0.15) is 0 Å². The van der Waals surface area contributed by atoms with Crippen molar-refractivity contribution in [1.29, 1.82) is 0 Å². The van der Waals surface area contributed by atoms with E-state index in [9.17, 15) is 4.79 Å². The second-order valence-corrected chi connectivity index (χ2v) is 5.46. The number of hydrogen-bond acceptors (Lipinski definition) is 5. The molecule has 0 spiro atoms. The smallest absolute Gasteiger partial charge is 0.409 e. The van der Waals surface area contributed by atoms with Crippen LogP contribution in [-0.4, -0.2) is 47.7 Å². The van der Waals surface area contributed by atoms with E-state index in [1.807, 2.05) is 13.8 Å². The zero-order valence-electron chi connectivity index (χ0n) is 11.4. The van der Waals surface area contributed by atoms with E-state index >= 15 is 0 Å². The zero-order chi connectivity index (χ0) is 14.3. The number of amides is 1. The Kier molecular flexibility index (Phi) is 6.55. The normalized spacial score (nSPS) is 10.4. The molecule has 0 aromatic carbocycles. The van der Waals surface area contributed by atoms with E-state index in [0.29, 0.717) is 31.6 Å². The Morgan fingerprint density at radius 1 is 1.47 bits per heavy atom. The number of rotatable bonds is 6. The summed E-state index contributed by atoms with van der Waals surface area (Å²) in [6.07, 6.45) is 3.01. The minimum atomic E-state index is -0.313. The molecular weight excluding hydrogens is 312 g/mol. The number of carbonyl (C=O) groups is 1. The molecule has 0 saturated heterocycles. The Labute approximate surface area is 121 Å². The molecule has 7 heteroatoms. The number of nitrogens with zero attached hydrogens (tertiary/aromatic N) is 3. The molecule has 0 aliphatic carbocycles. The third kappa shape index (κ3) is 6.37. The predicted octanol–water partition coefficient (Wildman–Crippen LogP) is 2.38. The van der Waals surface area contributed by atoms with Crippen LogP contribution in [0.4, 0.5) is 10.7 Å². The summed E-state index contributed by atoms with van der Waals surface area (Å²) in [6, 6.07) is 0. The largest absolute Gasteiger partial charge is 0.449 e. The summed E-state index contributed by atoms with van der Waals surface area (Å²) in [5, 5.41) is 3.03. The van der Waals surface area contributed by atoms with Crippen LogP contribution in [0.5, 0.6) is 0 Å². The van der Waals surface area contributed by atoms with Gasteiger partial charge in [-0.1, -0.05) is 13.8 Å². The van der Waals surface area contributed by atoms with Gasteiger partial charge in [0.05, 0.1) is 11.1 Å². The van der Waals surface area contributed by atoms with Crippen LogP contribution >= 0.6 is 15.9 Å². The lowest BCUT2D eigenvalue weighted by Crippen LogP contribution is -2.32. The lowest BCUT2D eigenvalue weighted by molar-refractivity contribution is 0.101. The van der Waals surface area contributed by atoms with E-state index in [1.54, 1.807) is 19.4 Å². The molecule has 6 nitrogen and oxygen atoms in total. The van der Waals surface area contributed by atoms with E-state index in [-0.39, 0.29) is 6.09 Å². The fourth-order valence-corrected chi connectivity index (χ4v) is 1.38. The van der Waals surface area contributed by atoms with Gasteiger partial charge in [-0.2, -0.15) is 0 Å². The Balaban J connectivity index is 2.24. The molecule has 1 aromatic rings. The van der Waals surface area contributed by atoms with Gasteiger partial charge in [-0.3, -0.25) is 0 Å². The molecule has 0 aliphatic heterocycles. The molecule has 19 heavy (non-hydrogen) atoms. The summed E-state index contributed by atoms with van der Waals surface area (Å²) >= 11 is 3.26. The Morgan fingerprint density at radius 3 is 2.68 bits per heavy atom. The highest BCUT2D eigenvalue weighted by Gasteiger charge is 2.10. The SMILES string of the molecule is CC(C)COC(=O)N(C)CCNc1ncc(Br)cn1. The fraction of sp³-hybridized carbons (Fsp3) is 0.583. The van der Waals surface area contributed by atoms with Crippen molar-refractivity contribution in [2.24, 2.45) is 5.92 Å². The van der Waals surface area contributed by atoms with Gasteiger partial charge in [0.25, 0.3) is 0 Å². The lowest BCUT2D eigenvalue weighted by atomic mass is 10.2. The minimum absolute atomic E-state index is 0.313. The number of anilines is 1. The monoisotopic (exact) mass is 330 g/mol. The predicted molar refractivity (Wildman–Crippen MR) is 77.0 cm³/mol. The average Bonchev–Trinajstić information content (AvgIpc) is 2.38. The van der Waals surface area contributed by atoms with E-state index < -0.39 is 0 Å². The van der Waals surface area contributed by atoms with Crippen LogP contribution in [0, 0.1) is 5.92 Å². The van der Waals surface area contributed by atoms with Crippen LogP contribution in [-0.2, 0) is 4.74 Å². The molecular formula is C12H19BrN4O2. The number of likely N-dealkylation sites (N-methyl/N-ethyl adjacent to an activating group) is 1. The highest BCUT2D eigenvalue weighted by Crippen LogP contribution is 2.06. The maximum atomic E-state index is 11.6. The van der Waals surface area contributed by atoms with Crippen LogP contribution in [0.3, 0.4) is 0 Å². The quantitative estimate of drug-likeness (QED) is 0.867. The van der Waals surface area contributed by atoms with Crippen LogP contribution in [0.1, 0.15) is 13.8 Å². The maximum absolute atomic E-state index is 11.6. The number of hydrogen-bond donors (Lipinski definition) is 1. The van der Waals surface area contributed by atoms with Crippen molar-refractivity contribution >= 4 is 28.0 Å². The molecule has 1 rings (SSSR count). The summed E-state index contributed by atoms with van der Waals surface area (Å²) in [5.41, 5.74) is 0. The summed E-state index contributed by atoms with van der Waals surface area (Å²) in [6.45, 7) is 5.52. The van der Waals surface area contributed by atoms with Crippen molar-refractivity contribution in [1.82, 2.24) is 14.9 Å². The first-order valence-electron chi connectivity index (χ1n) is 6.08. The van der Waals surface area contributed by atoms with Crippen molar-refractivity contribution in [3.63, 3.8) is 0 Å². The summed E-state index contributed by atoms with van der Waals surface area (Å²) in [4.78, 5) is 21.2. The highest BCUT2D eigenvalue weighted by atomic mass is 79.9. The first kappa shape index (κ1) is 15.7. The first-order valence-corrected chi connectivity index (χ1v) is 6.87. The molecule has 1 aromatic heterocycles. The third-order valence-electron chi connectivity index (χ3n) is 2.20. The van der Waals surface area contributed by atoms with Crippen LogP contribution < -0.4 is 5.32 Å². The summed E-state index contributed by atoms with van der Waals surface area (Å²) < 4.78 is 5.93. The van der Waals surface area contributed by atoms with Crippen LogP contribution in [0.15, 0.2) is 16.9 Å². The Hall–Kier alpha value is -1.37. The van der Waals surface area contributed by atoms with Crippen molar-refractivity contribution in [2.75, 3.05) is 32.1 Å². The van der Waals surface area contributed by atoms with Crippen molar-refractivity contribution in [3.8, 4) is 0 Å². The number of aromatic nitrogens is 2.